The summed E-state index contributed by atoms with van der Waals surface area (Å²) in [6, 6.07) is 6.21. The minimum Gasteiger partial charge on any atom is -0.372 e. The highest BCUT2D eigenvalue weighted by Crippen LogP contribution is 2.44. The highest BCUT2D eigenvalue weighted by atomic mass is 79.9. The van der Waals surface area contributed by atoms with E-state index in [2.05, 4.69) is 61.2 Å². The maximum atomic E-state index is 4.77. The summed E-state index contributed by atoms with van der Waals surface area (Å²) >= 11 is 7.15. The molecule has 0 amide bonds. The van der Waals surface area contributed by atoms with Crippen LogP contribution in [0.1, 0.15) is 30.0 Å². The van der Waals surface area contributed by atoms with E-state index in [-0.39, 0.29) is 0 Å². The van der Waals surface area contributed by atoms with Crippen LogP contribution in [-0.2, 0) is 0 Å². The van der Waals surface area contributed by atoms with Gasteiger partial charge in [-0.2, -0.15) is 0 Å². The Morgan fingerprint density at radius 3 is 2.55 bits per heavy atom. The zero-order valence-electron chi connectivity index (χ0n) is 11.4. The Balaban J connectivity index is 2.12. The monoisotopic (exact) mass is 395 g/mol. The first-order valence-corrected chi connectivity index (χ1v) is 8.20. The van der Waals surface area contributed by atoms with Crippen molar-refractivity contribution in [1.29, 1.82) is 0 Å². The third kappa shape index (κ3) is 2.61. The Bertz CT molecular complexity index is 666. The first-order valence-electron chi connectivity index (χ1n) is 6.62. The third-order valence-electron chi connectivity index (χ3n) is 3.49. The van der Waals surface area contributed by atoms with Gasteiger partial charge in [0.1, 0.15) is 5.82 Å². The van der Waals surface area contributed by atoms with E-state index in [0.717, 1.165) is 31.8 Å². The van der Waals surface area contributed by atoms with Crippen molar-refractivity contribution in [2.75, 3.05) is 12.4 Å². The number of nitrogens with zero attached hydrogens (tertiary/aromatic N) is 2. The molecular formula is C15H15Br2N3. The second-order valence-corrected chi connectivity index (χ2v) is 6.73. The molecular weight excluding hydrogens is 382 g/mol. The number of anilines is 1. The Morgan fingerprint density at radius 1 is 1.20 bits per heavy atom. The fraction of sp³-hybridized carbons (Fsp3) is 0.333. The second-order valence-electron chi connectivity index (χ2n) is 5.08. The fourth-order valence-corrected chi connectivity index (χ4v) is 3.12. The lowest BCUT2D eigenvalue weighted by Gasteiger charge is -2.11. The molecule has 0 radical (unpaired) electrons. The van der Waals surface area contributed by atoms with E-state index in [4.69, 9.17) is 4.98 Å². The molecule has 1 saturated carbocycles. The molecule has 0 aliphatic heterocycles. The van der Waals surface area contributed by atoms with Gasteiger partial charge in [-0.3, -0.25) is 0 Å². The topological polar surface area (TPSA) is 37.8 Å². The van der Waals surface area contributed by atoms with Crippen LogP contribution < -0.4 is 5.32 Å². The Morgan fingerprint density at radius 2 is 1.95 bits per heavy atom. The average molecular weight is 397 g/mol. The molecule has 5 heteroatoms. The van der Waals surface area contributed by atoms with E-state index < -0.39 is 0 Å². The molecule has 3 nitrogen and oxygen atoms in total. The molecule has 0 atom stereocenters. The van der Waals surface area contributed by atoms with Crippen LogP contribution >= 0.6 is 31.9 Å². The number of halogens is 2. The molecule has 0 unspecified atom stereocenters. The van der Waals surface area contributed by atoms with Gasteiger partial charge in [0.25, 0.3) is 0 Å². The van der Waals surface area contributed by atoms with Crippen molar-refractivity contribution in [3.05, 3.63) is 38.4 Å². The van der Waals surface area contributed by atoms with E-state index in [9.17, 15) is 0 Å². The predicted molar refractivity (Wildman–Crippen MR) is 89.1 cm³/mol. The smallest absolute Gasteiger partial charge is 0.161 e. The zero-order valence-corrected chi connectivity index (χ0v) is 14.5. The first-order chi connectivity index (χ1) is 9.60. The van der Waals surface area contributed by atoms with Gasteiger partial charge in [0, 0.05) is 23.0 Å². The van der Waals surface area contributed by atoms with E-state index in [0.29, 0.717) is 5.92 Å². The lowest BCUT2D eigenvalue weighted by atomic mass is 10.1. The highest BCUT2D eigenvalue weighted by molar-refractivity contribution is 9.11. The molecule has 1 heterocycles. The molecule has 1 aromatic heterocycles. The number of hydrogen-bond acceptors (Lipinski definition) is 3. The summed E-state index contributed by atoms with van der Waals surface area (Å²) in [7, 11) is 1.89. The number of aryl methyl sites for hydroxylation is 1. The van der Waals surface area contributed by atoms with Crippen LogP contribution in [0.5, 0.6) is 0 Å². The lowest BCUT2D eigenvalue weighted by molar-refractivity contribution is 0.980. The number of rotatable bonds is 3. The van der Waals surface area contributed by atoms with Crippen molar-refractivity contribution in [3.8, 4) is 11.4 Å². The first kappa shape index (κ1) is 14.0. The van der Waals surface area contributed by atoms with Gasteiger partial charge in [-0.15, -0.1) is 0 Å². The summed E-state index contributed by atoms with van der Waals surface area (Å²) in [4.78, 5) is 9.39. The molecule has 1 aliphatic rings. The van der Waals surface area contributed by atoms with Crippen molar-refractivity contribution < 1.29 is 0 Å². The van der Waals surface area contributed by atoms with Gasteiger partial charge in [-0.05, 0) is 53.4 Å². The van der Waals surface area contributed by atoms with Crippen molar-refractivity contribution in [3.63, 3.8) is 0 Å². The summed E-state index contributed by atoms with van der Waals surface area (Å²) in [6.07, 6.45) is 2.44. The van der Waals surface area contributed by atoms with Crippen molar-refractivity contribution in [2.45, 2.75) is 25.7 Å². The van der Waals surface area contributed by atoms with Crippen LogP contribution in [0, 0.1) is 6.92 Å². The quantitative estimate of drug-likeness (QED) is 0.801. The van der Waals surface area contributed by atoms with E-state index in [1.807, 2.05) is 13.1 Å². The van der Waals surface area contributed by atoms with Gasteiger partial charge >= 0.3 is 0 Å². The molecule has 0 saturated heterocycles. The predicted octanol–water partition coefficient (Wildman–Crippen LogP) is 4.90. The summed E-state index contributed by atoms with van der Waals surface area (Å²) in [6.45, 7) is 2.08. The normalized spacial score (nSPS) is 14.4. The van der Waals surface area contributed by atoms with Crippen LogP contribution in [-0.4, -0.2) is 17.0 Å². The van der Waals surface area contributed by atoms with Gasteiger partial charge in [0.2, 0.25) is 0 Å². The molecule has 1 N–H and O–H groups in total. The highest BCUT2D eigenvalue weighted by Gasteiger charge is 2.29. The summed E-state index contributed by atoms with van der Waals surface area (Å²) in [5, 5.41) is 3.15. The largest absolute Gasteiger partial charge is 0.372 e. The van der Waals surface area contributed by atoms with E-state index in [1.54, 1.807) is 0 Å². The van der Waals surface area contributed by atoms with Crippen molar-refractivity contribution in [1.82, 2.24) is 9.97 Å². The minimum atomic E-state index is 0.578. The molecule has 1 fully saturated rings. The number of hydrogen-bond donors (Lipinski definition) is 1. The molecule has 1 aromatic carbocycles. The molecule has 0 bridgehead atoms. The van der Waals surface area contributed by atoms with Crippen molar-refractivity contribution >= 4 is 37.7 Å². The molecule has 3 rings (SSSR count). The molecule has 0 spiro atoms. The van der Waals surface area contributed by atoms with Gasteiger partial charge in [0.05, 0.1) is 10.2 Å². The second kappa shape index (κ2) is 5.45. The van der Waals surface area contributed by atoms with Gasteiger partial charge in [-0.1, -0.05) is 22.0 Å². The van der Waals surface area contributed by atoms with E-state index in [1.165, 1.54) is 18.4 Å². The summed E-state index contributed by atoms with van der Waals surface area (Å²) in [5.74, 6) is 2.22. The Labute approximate surface area is 135 Å². The van der Waals surface area contributed by atoms with Crippen molar-refractivity contribution in [2.24, 2.45) is 0 Å². The van der Waals surface area contributed by atoms with Crippen LogP contribution in [0.15, 0.2) is 27.1 Å². The van der Waals surface area contributed by atoms with E-state index >= 15 is 0 Å². The van der Waals surface area contributed by atoms with Gasteiger partial charge in [0.15, 0.2) is 5.82 Å². The van der Waals surface area contributed by atoms with Crippen LogP contribution in [0.2, 0.25) is 0 Å². The third-order valence-corrected chi connectivity index (χ3v) is 5.17. The summed E-state index contributed by atoms with van der Waals surface area (Å²) in [5.41, 5.74) is 3.37. The fourth-order valence-electron chi connectivity index (χ4n) is 2.17. The minimum absolute atomic E-state index is 0.578. The number of benzene rings is 1. The SMILES string of the molecule is CNc1nc(-c2ccc(Br)c(C)c2)nc(C2CC2)c1Br. The maximum absolute atomic E-state index is 4.77. The lowest BCUT2D eigenvalue weighted by Crippen LogP contribution is -2.02. The Kier molecular flexibility index (Phi) is 3.82. The zero-order chi connectivity index (χ0) is 14.3. The number of nitrogens with one attached hydrogen (secondary N) is 1. The molecule has 2 aromatic rings. The number of aromatic nitrogens is 2. The van der Waals surface area contributed by atoms with Crippen LogP contribution in [0.3, 0.4) is 0 Å². The van der Waals surface area contributed by atoms with Crippen LogP contribution in [0.4, 0.5) is 5.82 Å². The molecule has 104 valence electrons. The summed E-state index contributed by atoms with van der Waals surface area (Å²) < 4.78 is 2.11. The Hall–Kier alpha value is -0.940. The molecule has 1 aliphatic carbocycles. The maximum Gasteiger partial charge on any atom is 0.161 e. The standard InChI is InChI=1S/C15H15Br2N3/c1-8-7-10(5-6-11(8)16)14-19-13(9-3-4-9)12(17)15(18-2)20-14/h5-7,9H,3-4H2,1-2H3,(H,18,19,20). The average Bonchev–Trinajstić information content (AvgIpc) is 3.27. The molecule has 20 heavy (non-hydrogen) atoms. The van der Waals surface area contributed by atoms with Gasteiger partial charge < -0.3 is 5.32 Å². The van der Waals surface area contributed by atoms with Gasteiger partial charge in [-0.25, -0.2) is 9.97 Å². The van der Waals surface area contributed by atoms with Crippen LogP contribution in [0.25, 0.3) is 11.4 Å².